The molecule has 0 bridgehead atoms. The van der Waals surface area contributed by atoms with Gasteiger partial charge in [-0.05, 0) is 17.7 Å². The van der Waals surface area contributed by atoms with Gasteiger partial charge in [0.1, 0.15) is 0 Å². The molecule has 1 aromatic rings. The van der Waals surface area contributed by atoms with Gasteiger partial charge in [0.2, 0.25) is 0 Å². The zero-order valence-electron chi connectivity index (χ0n) is 6.98. The Bertz CT molecular complexity index is 328. The van der Waals surface area contributed by atoms with E-state index in [1.54, 1.807) is 6.07 Å². The third-order valence-electron chi connectivity index (χ3n) is 1.54. The van der Waals surface area contributed by atoms with Crippen molar-refractivity contribution in [2.24, 2.45) is 0 Å². The van der Waals surface area contributed by atoms with Crippen LogP contribution in [0.3, 0.4) is 0 Å². The molecule has 0 aliphatic carbocycles. The Morgan fingerprint density at radius 2 is 2.08 bits per heavy atom. The summed E-state index contributed by atoms with van der Waals surface area (Å²) < 4.78 is 0. The Morgan fingerprint density at radius 3 is 2.69 bits per heavy atom. The summed E-state index contributed by atoms with van der Waals surface area (Å²) >= 11 is 11.6. The zero-order valence-corrected chi connectivity index (χ0v) is 8.49. The summed E-state index contributed by atoms with van der Waals surface area (Å²) in [5, 5.41) is 4.20. The number of halogens is 2. The Morgan fingerprint density at radius 1 is 1.31 bits per heavy atom. The van der Waals surface area contributed by atoms with E-state index in [2.05, 4.69) is 11.2 Å². The molecular weight excluding hydrogens is 205 g/mol. The van der Waals surface area contributed by atoms with Crippen molar-refractivity contribution < 1.29 is 0 Å². The van der Waals surface area contributed by atoms with E-state index in [1.165, 1.54) is 0 Å². The normalized spacial score (nSPS) is 9.62. The first-order valence-corrected chi connectivity index (χ1v) is 4.57. The van der Waals surface area contributed by atoms with Gasteiger partial charge in [-0.25, -0.2) is 0 Å². The number of terminal acetylenes is 1. The van der Waals surface area contributed by atoms with Gasteiger partial charge < -0.3 is 5.32 Å². The quantitative estimate of drug-likeness (QED) is 0.602. The number of hydrogen-bond acceptors (Lipinski definition) is 1. The standard InChI is InChI=1S/C10H9Cl2N/c1-2-5-13-7-8-3-4-9(11)10(12)6-8/h1,3-4,6,13H,5,7H2. The summed E-state index contributed by atoms with van der Waals surface area (Å²) in [5.41, 5.74) is 1.07. The summed E-state index contributed by atoms with van der Waals surface area (Å²) in [6.07, 6.45) is 5.09. The molecule has 0 aromatic heterocycles. The highest BCUT2D eigenvalue weighted by molar-refractivity contribution is 6.42. The van der Waals surface area contributed by atoms with Gasteiger partial charge in [-0.15, -0.1) is 6.42 Å². The van der Waals surface area contributed by atoms with Gasteiger partial charge in [0.05, 0.1) is 16.6 Å². The smallest absolute Gasteiger partial charge is 0.0595 e. The maximum atomic E-state index is 5.83. The number of rotatable bonds is 3. The van der Waals surface area contributed by atoms with Crippen LogP contribution in [0.1, 0.15) is 5.56 Å². The van der Waals surface area contributed by atoms with Gasteiger partial charge in [0.15, 0.2) is 0 Å². The zero-order chi connectivity index (χ0) is 9.68. The Kier molecular flexibility index (Phi) is 4.11. The van der Waals surface area contributed by atoms with Crippen LogP contribution in [0.15, 0.2) is 18.2 Å². The van der Waals surface area contributed by atoms with Crippen LogP contribution >= 0.6 is 23.2 Å². The van der Waals surface area contributed by atoms with Crippen molar-refractivity contribution in [1.29, 1.82) is 0 Å². The van der Waals surface area contributed by atoms with E-state index < -0.39 is 0 Å². The Labute approximate surface area is 88.0 Å². The molecule has 0 amide bonds. The van der Waals surface area contributed by atoms with Crippen molar-refractivity contribution in [3.63, 3.8) is 0 Å². The lowest BCUT2D eigenvalue weighted by Gasteiger charge is -2.02. The lowest BCUT2D eigenvalue weighted by atomic mass is 10.2. The fourth-order valence-corrected chi connectivity index (χ4v) is 1.25. The van der Waals surface area contributed by atoms with E-state index in [0.717, 1.165) is 5.56 Å². The fourth-order valence-electron chi connectivity index (χ4n) is 0.929. The Balaban J connectivity index is 2.59. The number of nitrogens with one attached hydrogen (secondary N) is 1. The van der Waals surface area contributed by atoms with Crippen LogP contribution in [0, 0.1) is 12.3 Å². The van der Waals surface area contributed by atoms with Crippen molar-refractivity contribution >= 4 is 23.2 Å². The molecule has 1 N–H and O–H groups in total. The van der Waals surface area contributed by atoms with Crippen molar-refractivity contribution in [2.75, 3.05) is 6.54 Å². The minimum Gasteiger partial charge on any atom is -0.302 e. The number of benzene rings is 1. The first-order valence-electron chi connectivity index (χ1n) is 3.82. The van der Waals surface area contributed by atoms with Gasteiger partial charge in [0, 0.05) is 6.54 Å². The highest BCUT2D eigenvalue weighted by Crippen LogP contribution is 2.22. The van der Waals surface area contributed by atoms with E-state index in [0.29, 0.717) is 23.1 Å². The van der Waals surface area contributed by atoms with Crippen LogP contribution in [0.25, 0.3) is 0 Å². The Hall–Kier alpha value is -0.680. The lowest BCUT2D eigenvalue weighted by molar-refractivity contribution is 0.770. The molecule has 0 saturated carbocycles. The molecular formula is C10H9Cl2N. The van der Waals surface area contributed by atoms with Crippen LogP contribution in [-0.2, 0) is 6.54 Å². The summed E-state index contributed by atoms with van der Waals surface area (Å²) in [4.78, 5) is 0. The molecule has 0 fully saturated rings. The molecule has 0 aliphatic heterocycles. The second-order valence-corrected chi connectivity index (χ2v) is 3.37. The number of hydrogen-bond donors (Lipinski definition) is 1. The molecule has 13 heavy (non-hydrogen) atoms. The minimum absolute atomic E-state index is 0.556. The second-order valence-electron chi connectivity index (χ2n) is 2.56. The van der Waals surface area contributed by atoms with Crippen LogP contribution < -0.4 is 5.32 Å². The summed E-state index contributed by atoms with van der Waals surface area (Å²) in [6, 6.07) is 5.52. The summed E-state index contributed by atoms with van der Waals surface area (Å²) in [5.74, 6) is 2.49. The highest BCUT2D eigenvalue weighted by Gasteiger charge is 1.98. The molecule has 68 valence electrons. The van der Waals surface area contributed by atoms with Gasteiger partial charge in [-0.1, -0.05) is 35.2 Å². The third-order valence-corrected chi connectivity index (χ3v) is 2.28. The lowest BCUT2D eigenvalue weighted by Crippen LogP contribution is -2.12. The summed E-state index contributed by atoms with van der Waals surface area (Å²) in [6.45, 7) is 1.27. The average molecular weight is 214 g/mol. The largest absolute Gasteiger partial charge is 0.302 e. The fraction of sp³-hybridized carbons (Fsp3) is 0.200. The van der Waals surface area contributed by atoms with E-state index in [9.17, 15) is 0 Å². The van der Waals surface area contributed by atoms with Crippen LogP contribution in [0.4, 0.5) is 0 Å². The van der Waals surface area contributed by atoms with Crippen molar-refractivity contribution in [3.05, 3.63) is 33.8 Å². The molecule has 0 heterocycles. The van der Waals surface area contributed by atoms with Crippen LogP contribution in [-0.4, -0.2) is 6.54 Å². The predicted molar refractivity (Wildman–Crippen MR) is 57.0 cm³/mol. The predicted octanol–water partition coefficient (Wildman–Crippen LogP) is 2.72. The topological polar surface area (TPSA) is 12.0 Å². The van der Waals surface area contributed by atoms with Crippen LogP contribution in [0.5, 0.6) is 0 Å². The highest BCUT2D eigenvalue weighted by atomic mass is 35.5. The second kappa shape index (κ2) is 5.14. The summed E-state index contributed by atoms with van der Waals surface area (Å²) in [7, 11) is 0. The minimum atomic E-state index is 0.556. The van der Waals surface area contributed by atoms with E-state index in [-0.39, 0.29) is 0 Å². The van der Waals surface area contributed by atoms with Gasteiger partial charge in [-0.2, -0.15) is 0 Å². The first-order chi connectivity index (χ1) is 6.24. The van der Waals surface area contributed by atoms with Crippen molar-refractivity contribution in [3.8, 4) is 12.3 Å². The molecule has 1 aromatic carbocycles. The first kappa shape index (κ1) is 10.4. The van der Waals surface area contributed by atoms with E-state index in [4.69, 9.17) is 29.6 Å². The molecule has 1 nitrogen and oxygen atoms in total. The van der Waals surface area contributed by atoms with Crippen LogP contribution in [0.2, 0.25) is 10.0 Å². The molecule has 0 atom stereocenters. The van der Waals surface area contributed by atoms with Crippen molar-refractivity contribution in [1.82, 2.24) is 5.32 Å². The van der Waals surface area contributed by atoms with E-state index >= 15 is 0 Å². The monoisotopic (exact) mass is 213 g/mol. The molecule has 0 saturated heterocycles. The molecule has 3 heteroatoms. The van der Waals surface area contributed by atoms with Gasteiger partial charge in [0.25, 0.3) is 0 Å². The average Bonchev–Trinajstić information content (AvgIpc) is 2.12. The maximum absolute atomic E-state index is 5.83. The van der Waals surface area contributed by atoms with Gasteiger partial charge >= 0.3 is 0 Å². The molecule has 0 radical (unpaired) electrons. The van der Waals surface area contributed by atoms with Gasteiger partial charge in [-0.3, -0.25) is 0 Å². The molecule has 0 spiro atoms. The van der Waals surface area contributed by atoms with E-state index in [1.807, 2.05) is 12.1 Å². The third kappa shape index (κ3) is 3.28. The SMILES string of the molecule is C#CCNCc1ccc(Cl)c(Cl)c1. The van der Waals surface area contributed by atoms with Crippen molar-refractivity contribution in [2.45, 2.75) is 6.54 Å². The molecule has 0 aliphatic rings. The molecule has 0 unspecified atom stereocenters. The maximum Gasteiger partial charge on any atom is 0.0595 e. The molecule has 1 rings (SSSR count).